The van der Waals surface area contributed by atoms with Crippen LogP contribution >= 0.6 is 0 Å². The Balaban J connectivity index is 1.18. The number of hydrogen-bond acceptors (Lipinski definition) is 6. The number of piperazine rings is 1. The lowest BCUT2D eigenvalue weighted by Gasteiger charge is -2.38. The predicted octanol–water partition coefficient (Wildman–Crippen LogP) is 2.44. The minimum atomic E-state index is 0.233. The molecule has 1 saturated carbocycles. The molecule has 0 aromatic carbocycles. The molecule has 146 valence electrons. The van der Waals surface area contributed by atoms with Crippen molar-refractivity contribution in [1.82, 2.24) is 24.5 Å². The van der Waals surface area contributed by atoms with E-state index < -0.39 is 0 Å². The number of fused-ring (bicyclic) bond motifs is 1. The molecule has 7 nitrogen and oxygen atoms in total. The average molecular weight is 371 g/mol. The van der Waals surface area contributed by atoms with Crippen LogP contribution in [0.2, 0.25) is 0 Å². The topological polar surface area (TPSA) is 58.8 Å². The van der Waals surface area contributed by atoms with Gasteiger partial charge in [0.25, 0.3) is 0 Å². The third-order valence-corrected chi connectivity index (χ3v) is 6.60. The van der Waals surface area contributed by atoms with Gasteiger partial charge in [-0.2, -0.15) is 4.52 Å². The summed E-state index contributed by atoms with van der Waals surface area (Å²) in [7, 11) is 0. The Morgan fingerprint density at radius 1 is 1.07 bits per heavy atom. The quantitative estimate of drug-likeness (QED) is 0.827. The SMILES string of the molecule is Cc1nc2cncc(N3CCN(CC4CCC5(CCCCC5)O4)CC3)n2n1. The molecule has 27 heavy (non-hydrogen) atoms. The maximum absolute atomic E-state index is 6.58. The summed E-state index contributed by atoms with van der Waals surface area (Å²) in [5.74, 6) is 1.84. The fraction of sp³-hybridized carbons (Fsp3) is 0.750. The van der Waals surface area contributed by atoms with Crippen molar-refractivity contribution in [2.75, 3.05) is 37.6 Å². The minimum Gasteiger partial charge on any atom is -0.370 e. The molecule has 0 N–H and O–H groups in total. The van der Waals surface area contributed by atoms with Gasteiger partial charge in [0.05, 0.1) is 24.1 Å². The summed E-state index contributed by atoms with van der Waals surface area (Å²) in [5.41, 5.74) is 1.06. The van der Waals surface area contributed by atoms with Gasteiger partial charge in [0.2, 0.25) is 0 Å². The Morgan fingerprint density at radius 3 is 2.70 bits per heavy atom. The second-order valence-electron chi connectivity index (χ2n) is 8.50. The van der Waals surface area contributed by atoms with Crippen LogP contribution in [0.3, 0.4) is 0 Å². The van der Waals surface area contributed by atoms with Crippen LogP contribution in [0.5, 0.6) is 0 Å². The lowest BCUT2D eigenvalue weighted by Crippen LogP contribution is -2.49. The summed E-state index contributed by atoms with van der Waals surface area (Å²) in [5, 5.41) is 4.53. The van der Waals surface area contributed by atoms with Crippen LogP contribution in [0.25, 0.3) is 5.65 Å². The smallest absolute Gasteiger partial charge is 0.176 e. The molecule has 3 fully saturated rings. The van der Waals surface area contributed by atoms with E-state index in [1.54, 1.807) is 6.20 Å². The van der Waals surface area contributed by atoms with Crippen molar-refractivity contribution in [3.8, 4) is 0 Å². The van der Waals surface area contributed by atoms with Crippen LogP contribution in [-0.2, 0) is 4.74 Å². The van der Waals surface area contributed by atoms with Crippen molar-refractivity contribution in [3.63, 3.8) is 0 Å². The Labute approximate surface area is 160 Å². The van der Waals surface area contributed by atoms with E-state index in [1.807, 2.05) is 17.6 Å². The second-order valence-corrected chi connectivity index (χ2v) is 8.50. The van der Waals surface area contributed by atoms with Gasteiger partial charge in [-0.05, 0) is 32.6 Å². The van der Waals surface area contributed by atoms with Crippen molar-refractivity contribution in [3.05, 3.63) is 18.2 Å². The van der Waals surface area contributed by atoms with E-state index in [4.69, 9.17) is 4.74 Å². The van der Waals surface area contributed by atoms with E-state index in [9.17, 15) is 0 Å². The van der Waals surface area contributed by atoms with Gasteiger partial charge in [0.1, 0.15) is 5.82 Å². The van der Waals surface area contributed by atoms with E-state index in [2.05, 4.69) is 24.9 Å². The third-order valence-electron chi connectivity index (χ3n) is 6.60. The van der Waals surface area contributed by atoms with Gasteiger partial charge < -0.3 is 9.64 Å². The van der Waals surface area contributed by atoms with E-state index in [0.717, 1.165) is 50.0 Å². The minimum absolute atomic E-state index is 0.233. The molecular formula is C20H30N6O. The molecule has 2 aromatic heterocycles. The standard InChI is InChI=1S/C20H30N6O/c1-16-22-18-13-21-14-19(26(18)23-16)25-11-9-24(10-12-25)15-17-5-8-20(27-17)6-3-2-4-7-20/h13-14,17H,2-12,15H2,1H3. The van der Waals surface area contributed by atoms with E-state index in [-0.39, 0.29) is 5.60 Å². The molecule has 1 unspecified atom stereocenters. The van der Waals surface area contributed by atoms with E-state index >= 15 is 0 Å². The highest BCUT2D eigenvalue weighted by molar-refractivity contribution is 5.47. The van der Waals surface area contributed by atoms with Gasteiger partial charge in [0.15, 0.2) is 11.5 Å². The fourth-order valence-corrected chi connectivity index (χ4v) is 5.16. The molecule has 2 aliphatic heterocycles. The summed E-state index contributed by atoms with van der Waals surface area (Å²) < 4.78 is 8.50. The molecule has 3 aliphatic rings. The summed E-state index contributed by atoms with van der Waals surface area (Å²) in [6, 6.07) is 0. The summed E-state index contributed by atoms with van der Waals surface area (Å²) in [4.78, 5) is 13.7. The number of ether oxygens (including phenoxy) is 1. The van der Waals surface area contributed by atoms with E-state index in [1.165, 1.54) is 44.9 Å². The molecular weight excluding hydrogens is 340 g/mol. The summed E-state index contributed by atoms with van der Waals surface area (Å²) in [6.45, 7) is 7.14. The highest BCUT2D eigenvalue weighted by Gasteiger charge is 2.41. The Bertz CT molecular complexity index is 791. The molecule has 1 aliphatic carbocycles. The van der Waals surface area contributed by atoms with Crippen molar-refractivity contribution in [2.24, 2.45) is 0 Å². The number of aromatic nitrogens is 4. The number of aryl methyl sites for hydroxylation is 1. The van der Waals surface area contributed by atoms with Gasteiger partial charge in [-0.15, -0.1) is 5.10 Å². The van der Waals surface area contributed by atoms with Crippen molar-refractivity contribution in [1.29, 1.82) is 0 Å². The molecule has 0 bridgehead atoms. The molecule has 1 spiro atoms. The number of rotatable bonds is 3. The van der Waals surface area contributed by atoms with Crippen LogP contribution in [0.4, 0.5) is 5.82 Å². The molecule has 7 heteroatoms. The van der Waals surface area contributed by atoms with Crippen molar-refractivity contribution < 1.29 is 4.74 Å². The maximum atomic E-state index is 6.58. The van der Waals surface area contributed by atoms with Crippen LogP contribution in [0.1, 0.15) is 50.8 Å². The van der Waals surface area contributed by atoms with Crippen LogP contribution in [0, 0.1) is 6.92 Å². The molecule has 5 rings (SSSR count). The van der Waals surface area contributed by atoms with Crippen molar-refractivity contribution in [2.45, 2.75) is 63.6 Å². The molecule has 0 amide bonds. The number of nitrogens with zero attached hydrogens (tertiary/aromatic N) is 6. The first-order valence-electron chi connectivity index (χ1n) is 10.5. The third kappa shape index (κ3) is 3.43. The predicted molar refractivity (Wildman–Crippen MR) is 104 cm³/mol. The first kappa shape index (κ1) is 17.4. The number of hydrogen-bond donors (Lipinski definition) is 0. The van der Waals surface area contributed by atoms with Gasteiger partial charge in [-0.25, -0.2) is 4.98 Å². The van der Waals surface area contributed by atoms with Gasteiger partial charge in [0, 0.05) is 32.7 Å². The molecule has 0 radical (unpaired) electrons. The second kappa shape index (κ2) is 7.02. The lowest BCUT2D eigenvalue weighted by atomic mass is 9.83. The Morgan fingerprint density at radius 2 is 1.89 bits per heavy atom. The van der Waals surface area contributed by atoms with Crippen LogP contribution in [-0.4, -0.2) is 68.9 Å². The molecule has 1 atom stereocenters. The fourth-order valence-electron chi connectivity index (χ4n) is 5.16. The summed E-state index contributed by atoms with van der Waals surface area (Å²) >= 11 is 0. The largest absolute Gasteiger partial charge is 0.370 e. The Hall–Kier alpha value is -1.73. The average Bonchev–Trinajstić information content (AvgIpc) is 3.25. The first-order valence-corrected chi connectivity index (χ1v) is 10.5. The molecule has 2 aromatic rings. The Kier molecular flexibility index (Phi) is 4.52. The normalized spacial score (nSPS) is 26.3. The summed E-state index contributed by atoms with van der Waals surface area (Å²) in [6.07, 6.45) is 13.3. The van der Waals surface area contributed by atoms with Crippen LogP contribution < -0.4 is 4.90 Å². The zero-order chi connectivity index (χ0) is 18.3. The zero-order valence-corrected chi connectivity index (χ0v) is 16.3. The molecule has 2 saturated heterocycles. The van der Waals surface area contributed by atoms with Gasteiger partial charge >= 0.3 is 0 Å². The van der Waals surface area contributed by atoms with Crippen LogP contribution in [0.15, 0.2) is 12.4 Å². The van der Waals surface area contributed by atoms with Gasteiger partial charge in [-0.3, -0.25) is 9.88 Å². The number of anilines is 1. The van der Waals surface area contributed by atoms with Gasteiger partial charge in [-0.1, -0.05) is 19.3 Å². The highest BCUT2D eigenvalue weighted by Crippen LogP contribution is 2.42. The lowest BCUT2D eigenvalue weighted by molar-refractivity contribution is -0.0720. The van der Waals surface area contributed by atoms with Crippen molar-refractivity contribution >= 4 is 11.5 Å². The first-order chi connectivity index (χ1) is 13.2. The van der Waals surface area contributed by atoms with E-state index in [0.29, 0.717) is 6.10 Å². The highest BCUT2D eigenvalue weighted by atomic mass is 16.5. The maximum Gasteiger partial charge on any atom is 0.176 e. The zero-order valence-electron chi connectivity index (χ0n) is 16.3. The monoisotopic (exact) mass is 370 g/mol. The molecule has 4 heterocycles.